The van der Waals surface area contributed by atoms with Crippen LogP contribution in [0.1, 0.15) is 11.1 Å². The van der Waals surface area contributed by atoms with Gasteiger partial charge in [-0.2, -0.15) is 0 Å². The van der Waals surface area contributed by atoms with Crippen molar-refractivity contribution >= 4 is 11.9 Å². The van der Waals surface area contributed by atoms with Crippen LogP contribution in [0.2, 0.25) is 0 Å². The van der Waals surface area contributed by atoms with E-state index in [0.717, 1.165) is 5.56 Å². The molecular formula is C12H15NO5. The molecule has 1 aromatic rings. The van der Waals surface area contributed by atoms with Crippen LogP contribution in [0.4, 0.5) is 0 Å². The number of aromatic hydroxyl groups is 1. The average Bonchev–Trinajstić information content (AvgIpc) is 2.21. The number of nitrogens with zero attached hydrogens (tertiary/aromatic N) is 1. The molecule has 1 aromatic carbocycles. The van der Waals surface area contributed by atoms with E-state index in [1.54, 1.807) is 12.1 Å². The third-order valence-corrected chi connectivity index (χ3v) is 2.35. The van der Waals surface area contributed by atoms with Crippen LogP contribution in [0.15, 0.2) is 18.2 Å². The zero-order valence-electron chi connectivity index (χ0n) is 9.96. The number of phenolic OH excluding ortho intramolecular Hbond substituents is 1. The van der Waals surface area contributed by atoms with E-state index in [4.69, 9.17) is 10.2 Å². The average molecular weight is 253 g/mol. The number of carbonyl (C=O) groups is 2. The maximum atomic E-state index is 10.6. The Hall–Kier alpha value is -2.08. The fraction of sp³-hybridized carbons (Fsp3) is 0.333. The lowest BCUT2D eigenvalue weighted by Gasteiger charge is -2.18. The first-order valence-corrected chi connectivity index (χ1v) is 5.33. The van der Waals surface area contributed by atoms with Gasteiger partial charge in [0.25, 0.3) is 0 Å². The molecule has 0 spiro atoms. The van der Waals surface area contributed by atoms with Gasteiger partial charge in [-0.15, -0.1) is 0 Å². The molecule has 0 aromatic heterocycles. The van der Waals surface area contributed by atoms with E-state index in [9.17, 15) is 14.7 Å². The minimum absolute atomic E-state index is 0.0291. The van der Waals surface area contributed by atoms with Crippen molar-refractivity contribution in [3.05, 3.63) is 29.3 Å². The second-order valence-corrected chi connectivity index (χ2v) is 4.06. The van der Waals surface area contributed by atoms with Crippen LogP contribution in [0.3, 0.4) is 0 Å². The monoisotopic (exact) mass is 253 g/mol. The van der Waals surface area contributed by atoms with E-state index in [2.05, 4.69) is 0 Å². The Morgan fingerprint density at radius 1 is 1.17 bits per heavy atom. The number of rotatable bonds is 6. The number of benzene rings is 1. The molecule has 98 valence electrons. The number of hydrogen-bond donors (Lipinski definition) is 3. The first kappa shape index (κ1) is 14.0. The normalized spacial score (nSPS) is 10.6. The van der Waals surface area contributed by atoms with Crippen LogP contribution in [0.25, 0.3) is 0 Å². The molecule has 0 aliphatic heterocycles. The third kappa shape index (κ3) is 4.42. The number of hydrogen-bond acceptors (Lipinski definition) is 4. The molecule has 3 N–H and O–H groups in total. The van der Waals surface area contributed by atoms with Crippen molar-refractivity contribution in [2.75, 3.05) is 13.1 Å². The molecule has 0 saturated heterocycles. The van der Waals surface area contributed by atoms with Crippen molar-refractivity contribution in [1.29, 1.82) is 0 Å². The van der Waals surface area contributed by atoms with Gasteiger partial charge in [-0.1, -0.05) is 17.7 Å². The van der Waals surface area contributed by atoms with E-state index < -0.39 is 11.9 Å². The lowest BCUT2D eigenvalue weighted by molar-refractivity contribution is -0.142. The number of phenols is 1. The lowest BCUT2D eigenvalue weighted by atomic mass is 10.1. The number of carboxylic acid groups (broad SMARTS) is 2. The van der Waals surface area contributed by atoms with Gasteiger partial charge in [0.1, 0.15) is 5.75 Å². The largest absolute Gasteiger partial charge is 0.508 e. The fourth-order valence-corrected chi connectivity index (χ4v) is 1.63. The van der Waals surface area contributed by atoms with Gasteiger partial charge in [0.05, 0.1) is 13.1 Å². The summed E-state index contributed by atoms with van der Waals surface area (Å²) in [5.74, 6) is -2.19. The summed E-state index contributed by atoms with van der Waals surface area (Å²) >= 11 is 0. The molecule has 18 heavy (non-hydrogen) atoms. The summed E-state index contributed by atoms with van der Waals surface area (Å²) in [4.78, 5) is 22.5. The number of aliphatic carboxylic acids is 2. The quantitative estimate of drug-likeness (QED) is 0.689. The Balaban J connectivity index is 2.84. The van der Waals surface area contributed by atoms with Gasteiger partial charge >= 0.3 is 11.9 Å². The topological polar surface area (TPSA) is 98.1 Å². The standard InChI is InChI=1S/C12H15NO5/c1-8-2-3-10(14)9(4-8)5-13(6-11(15)16)7-12(17)18/h2-4,14H,5-7H2,1H3,(H,15,16)(H,17,18). The number of aryl methyl sites for hydroxylation is 1. The van der Waals surface area contributed by atoms with Gasteiger partial charge in [-0.05, 0) is 13.0 Å². The molecular weight excluding hydrogens is 238 g/mol. The smallest absolute Gasteiger partial charge is 0.317 e. The second-order valence-electron chi connectivity index (χ2n) is 4.06. The van der Waals surface area contributed by atoms with Gasteiger partial charge in [0.15, 0.2) is 0 Å². The molecule has 0 aliphatic rings. The molecule has 1 rings (SSSR count). The molecule has 6 nitrogen and oxygen atoms in total. The van der Waals surface area contributed by atoms with Gasteiger partial charge in [-0.3, -0.25) is 14.5 Å². The molecule has 0 fully saturated rings. The highest BCUT2D eigenvalue weighted by Crippen LogP contribution is 2.19. The van der Waals surface area contributed by atoms with Crippen molar-refractivity contribution in [2.45, 2.75) is 13.5 Å². The van der Waals surface area contributed by atoms with Crippen LogP contribution in [0, 0.1) is 6.92 Å². The van der Waals surface area contributed by atoms with Gasteiger partial charge in [-0.25, -0.2) is 0 Å². The van der Waals surface area contributed by atoms with Crippen LogP contribution in [0.5, 0.6) is 5.75 Å². The van der Waals surface area contributed by atoms with Crippen molar-refractivity contribution in [2.24, 2.45) is 0 Å². The Morgan fingerprint density at radius 3 is 2.22 bits per heavy atom. The predicted octanol–water partition coefficient (Wildman–Crippen LogP) is 0.672. The summed E-state index contributed by atoms with van der Waals surface area (Å²) in [6.07, 6.45) is 0. The molecule has 0 radical (unpaired) electrons. The summed E-state index contributed by atoms with van der Waals surface area (Å²) in [6, 6.07) is 4.92. The number of carboxylic acids is 2. The fourth-order valence-electron chi connectivity index (χ4n) is 1.63. The summed E-state index contributed by atoms with van der Waals surface area (Å²) in [6.45, 7) is 1.13. The Bertz CT molecular complexity index is 442. The summed E-state index contributed by atoms with van der Waals surface area (Å²) < 4.78 is 0. The minimum Gasteiger partial charge on any atom is -0.508 e. The van der Waals surface area contributed by atoms with E-state index in [1.807, 2.05) is 6.92 Å². The van der Waals surface area contributed by atoms with Crippen LogP contribution >= 0.6 is 0 Å². The molecule has 0 unspecified atom stereocenters. The van der Waals surface area contributed by atoms with Gasteiger partial charge < -0.3 is 15.3 Å². The third-order valence-electron chi connectivity index (χ3n) is 2.35. The summed E-state index contributed by atoms with van der Waals surface area (Å²) in [5.41, 5.74) is 1.42. The first-order valence-electron chi connectivity index (χ1n) is 5.33. The van der Waals surface area contributed by atoms with E-state index >= 15 is 0 Å². The highest BCUT2D eigenvalue weighted by molar-refractivity contribution is 5.72. The van der Waals surface area contributed by atoms with Crippen molar-refractivity contribution in [1.82, 2.24) is 4.90 Å². The van der Waals surface area contributed by atoms with E-state index in [1.165, 1.54) is 11.0 Å². The summed E-state index contributed by atoms with van der Waals surface area (Å²) in [5, 5.41) is 27.0. The zero-order valence-corrected chi connectivity index (χ0v) is 9.96. The second kappa shape index (κ2) is 6.02. The maximum absolute atomic E-state index is 10.6. The maximum Gasteiger partial charge on any atom is 0.317 e. The van der Waals surface area contributed by atoms with Gasteiger partial charge in [0.2, 0.25) is 0 Å². The minimum atomic E-state index is -1.11. The Kier molecular flexibility index (Phi) is 4.67. The molecule has 0 bridgehead atoms. The Labute approximate surface area is 104 Å². The highest BCUT2D eigenvalue weighted by Gasteiger charge is 2.15. The molecule has 0 atom stereocenters. The Morgan fingerprint density at radius 2 is 1.72 bits per heavy atom. The lowest BCUT2D eigenvalue weighted by Crippen LogP contribution is -2.34. The van der Waals surface area contributed by atoms with Gasteiger partial charge in [0, 0.05) is 12.1 Å². The first-order chi connectivity index (χ1) is 8.38. The molecule has 0 heterocycles. The highest BCUT2D eigenvalue weighted by atomic mass is 16.4. The van der Waals surface area contributed by atoms with Crippen molar-refractivity contribution in [3.8, 4) is 5.75 Å². The van der Waals surface area contributed by atoms with Crippen molar-refractivity contribution < 1.29 is 24.9 Å². The SMILES string of the molecule is Cc1ccc(O)c(CN(CC(=O)O)CC(=O)O)c1. The molecule has 0 saturated carbocycles. The van der Waals surface area contributed by atoms with Crippen LogP contribution in [-0.2, 0) is 16.1 Å². The molecule has 0 aliphatic carbocycles. The van der Waals surface area contributed by atoms with E-state index in [-0.39, 0.29) is 25.4 Å². The van der Waals surface area contributed by atoms with Crippen LogP contribution < -0.4 is 0 Å². The predicted molar refractivity (Wildman–Crippen MR) is 63.4 cm³/mol. The van der Waals surface area contributed by atoms with E-state index in [0.29, 0.717) is 5.56 Å². The molecule has 0 amide bonds. The summed E-state index contributed by atoms with van der Waals surface area (Å²) in [7, 11) is 0. The van der Waals surface area contributed by atoms with Crippen LogP contribution in [-0.4, -0.2) is 45.2 Å². The zero-order chi connectivity index (χ0) is 13.7. The molecule has 6 heteroatoms. The van der Waals surface area contributed by atoms with Crippen molar-refractivity contribution in [3.63, 3.8) is 0 Å².